The van der Waals surface area contributed by atoms with Gasteiger partial charge < -0.3 is 30.0 Å². The van der Waals surface area contributed by atoms with Crippen molar-refractivity contribution < 1.29 is 48.3 Å². The van der Waals surface area contributed by atoms with Crippen LogP contribution in [0.3, 0.4) is 0 Å². The van der Waals surface area contributed by atoms with Crippen LogP contribution in [0.15, 0.2) is 0 Å². The van der Waals surface area contributed by atoms with E-state index in [9.17, 15) is 19.2 Å². The molecule has 0 aromatic heterocycles. The van der Waals surface area contributed by atoms with Crippen molar-refractivity contribution in [2.45, 2.75) is 109 Å². The van der Waals surface area contributed by atoms with Crippen LogP contribution in [0.4, 0.5) is 0 Å². The van der Waals surface area contributed by atoms with Crippen LogP contribution in [0.5, 0.6) is 0 Å². The minimum atomic E-state index is -1.12. The molecule has 12 heteroatoms. The summed E-state index contributed by atoms with van der Waals surface area (Å²) in [5.74, 6) is -2.80. The third-order valence-electron chi connectivity index (χ3n) is 8.55. The van der Waals surface area contributed by atoms with Gasteiger partial charge in [0.05, 0.1) is 6.42 Å². The first-order chi connectivity index (χ1) is 17.9. The van der Waals surface area contributed by atoms with E-state index in [1.807, 2.05) is 13.8 Å². The Morgan fingerprint density at radius 3 is 2.53 bits per heavy atom. The quantitative estimate of drug-likeness (QED) is 0.213. The van der Waals surface area contributed by atoms with Crippen molar-refractivity contribution in [3.05, 3.63) is 0 Å². The summed E-state index contributed by atoms with van der Waals surface area (Å²) in [5, 5.41) is 13.8. The fraction of sp³-hybridized carbons (Fsp3) is 0.846. The SMILES string of the molecule is C[C@@H]1[C@H](OC(=O)CCC(=O)NCCCC(=O)N[C@H](C)C(=O)O)O[C@H]2O[C@@]3(C)CC[C@H]4[C@H](C)CC[C@H]1[C@]24OO3. The van der Waals surface area contributed by atoms with Crippen LogP contribution in [-0.2, 0) is 43.2 Å². The summed E-state index contributed by atoms with van der Waals surface area (Å²) >= 11 is 0. The van der Waals surface area contributed by atoms with Crippen molar-refractivity contribution in [3.63, 3.8) is 0 Å². The molecular formula is C26H40N2O10. The molecule has 3 N–H and O–H groups in total. The van der Waals surface area contributed by atoms with Gasteiger partial charge in [0.1, 0.15) is 6.04 Å². The van der Waals surface area contributed by atoms with E-state index < -0.39 is 47.9 Å². The summed E-state index contributed by atoms with van der Waals surface area (Å²) in [6, 6.07) is -0.971. The molecule has 4 saturated heterocycles. The Bertz CT molecular complexity index is 930. The predicted octanol–water partition coefficient (Wildman–Crippen LogP) is 2.00. The van der Waals surface area contributed by atoms with Crippen LogP contribution in [0.25, 0.3) is 0 Å². The second-order valence-electron chi connectivity index (χ2n) is 11.3. The zero-order chi connectivity index (χ0) is 27.7. The first-order valence-corrected chi connectivity index (χ1v) is 13.6. The zero-order valence-electron chi connectivity index (χ0n) is 22.5. The van der Waals surface area contributed by atoms with Crippen LogP contribution in [-0.4, -0.2) is 65.4 Å². The summed E-state index contributed by atoms with van der Waals surface area (Å²) in [4.78, 5) is 59.1. The van der Waals surface area contributed by atoms with Gasteiger partial charge in [0.25, 0.3) is 0 Å². The lowest BCUT2D eigenvalue weighted by atomic mass is 9.58. The Morgan fingerprint density at radius 1 is 1.03 bits per heavy atom. The van der Waals surface area contributed by atoms with Crippen LogP contribution < -0.4 is 10.6 Å². The van der Waals surface area contributed by atoms with Gasteiger partial charge in [-0.15, -0.1) is 0 Å². The molecule has 5 aliphatic rings. The number of carbonyl (C=O) groups excluding carboxylic acids is 3. The standard InChI is InChI=1S/C26H40N2O10/c1-14-7-8-18-15(2)23(35-24-26(18)17(14)11-12-25(4,36-24)37-38-26)34-21(31)10-9-19(29)27-13-5-6-20(30)28-16(3)22(32)33/h14-18,23-24H,5-13H2,1-4H3,(H,27,29)(H,28,30)(H,32,33)/t14-,15+,16-,17+,18-,23-,24+,25-,26+/m1/s1. The second kappa shape index (κ2) is 11.4. The Hall–Kier alpha value is -2.28. The highest BCUT2D eigenvalue weighted by Gasteiger charge is 2.69. The molecule has 38 heavy (non-hydrogen) atoms. The van der Waals surface area contributed by atoms with E-state index in [0.717, 1.165) is 19.3 Å². The van der Waals surface area contributed by atoms with Crippen molar-refractivity contribution in [3.8, 4) is 0 Å². The van der Waals surface area contributed by atoms with Crippen LogP contribution in [0.2, 0.25) is 0 Å². The Labute approximate surface area is 222 Å². The van der Waals surface area contributed by atoms with Gasteiger partial charge in [0, 0.05) is 37.6 Å². The summed E-state index contributed by atoms with van der Waals surface area (Å²) in [6.07, 6.45) is 2.22. The third-order valence-corrected chi connectivity index (χ3v) is 8.55. The molecule has 1 saturated carbocycles. The van der Waals surface area contributed by atoms with Crippen molar-refractivity contribution in [1.82, 2.24) is 10.6 Å². The first kappa shape index (κ1) is 28.7. The number of carbonyl (C=O) groups is 4. The Balaban J connectivity index is 1.24. The third kappa shape index (κ3) is 5.83. The molecule has 5 rings (SSSR count). The number of aliphatic carboxylic acids is 1. The van der Waals surface area contributed by atoms with Crippen LogP contribution in [0, 0.1) is 23.7 Å². The molecule has 0 aromatic rings. The van der Waals surface area contributed by atoms with Crippen LogP contribution in [0.1, 0.15) is 79.1 Å². The molecule has 4 heterocycles. The normalized spacial score (nSPS) is 38.3. The number of amides is 2. The van der Waals surface area contributed by atoms with Gasteiger partial charge in [0.2, 0.25) is 23.9 Å². The van der Waals surface area contributed by atoms with E-state index >= 15 is 0 Å². The highest BCUT2D eigenvalue weighted by atomic mass is 17.3. The van der Waals surface area contributed by atoms with E-state index in [0.29, 0.717) is 18.8 Å². The number of esters is 1. The monoisotopic (exact) mass is 540 g/mol. The molecule has 9 atom stereocenters. The maximum Gasteiger partial charge on any atom is 0.325 e. The van der Waals surface area contributed by atoms with Crippen molar-refractivity contribution >= 4 is 23.8 Å². The smallest absolute Gasteiger partial charge is 0.325 e. The number of fused-ring (bicyclic) bond motifs is 2. The lowest BCUT2D eigenvalue weighted by Crippen LogP contribution is -2.70. The van der Waals surface area contributed by atoms with Gasteiger partial charge in [-0.05, 0) is 51.4 Å². The van der Waals surface area contributed by atoms with Gasteiger partial charge in [-0.1, -0.05) is 13.8 Å². The molecule has 0 radical (unpaired) electrons. The summed E-state index contributed by atoms with van der Waals surface area (Å²) in [7, 11) is 0. The topological polar surface area (TPSA) is 159 Å². The average Bonchev–Trinajstić information content (AvgIpc) is 3.09. The lowest BCUT2D eigenvalue weighted by molar-refractivity contribution is -0.576. The van der Waals surface area contributed by atoms with Crippen molar-refractivity contribution in [1.29, 1.82) is 0 Å². The highest BCUT2D eigenvalue weighted by Crippen LogP contribution is 2.60. The molecule has 214 valence electrons. The van der Waals surface area contributed by atoms with Crippen molar-refractivity contribution in [2.24, 2.45) is 23.7 Å². The van der Waals surface area contributed by atoms with Crippen LogP contribution >= 0.6 is 0 Å². The number of rotatable bonds is 10. The molecule has 4 aliphatic heterocycles. The van der Waals surface area contributed by atoms with Gasteiger partial charge >= 0.3 is 11.9 Å². The fourth-order valence-electron chi connectivity index (χ4n) is 6.35. The van der Waals surface area contributed by atoms with Gasteiger partial charge in [0.15, 0.2) is 11.9 Å². The molecule has 0 unspecified atom stereocenters. The summed E-state index contributed by atoms with van der Waals surface area (Å²) < 4.78 is 18.2. The minimum absolute atomic E-state index is 0.0295. The predicted molar refractivity (Wildman–Crippen MR) is 130 cm³/mol. The lowest BCUT2D eigenvalue weighted by Gasteiger charge is -2.59. The number of carboxylic acids is 1. The maximum absolute atomic E-state index is 12.6. The Kier molecular flexibility index (Phi) is 8.65. The Morgan fingerprint density at radius 2 is 1.79 bits per heavy atom. The van der Waals surface area contributed by atoms with Crippen molar-refractivity contribution in [2.75, 3.05) is 6.54 Å². The molecule has 1 aliphatic carbocycles. The van der Waals surface area contributed by atoms with E-state index in [2.05, 4.69) is 17.6 Å². The van der Waals surface area contributed by atoms with E-state index in [1.54, 1.807) is 0 Å². The minimum Gasteiger partial charge on any atom is -0.480 e. The van der Waals surface area contributed by atoms with E-state index in [1.165, 1.54) is 6.92 Å². The molecule has 2 amide bonds. The van der Waals surface area contributed by atoms with E-state index in [-0.39, 0.29) is 49.5 Å². The van der Waals surface area contributed by atoms with E-state index in [4.69, 9.17) is 29.1 Å². The van der Waals surface area contributed by atoms with Gasteiger partial charge in [-0.25, -0.2) is 9.78 Å². The molecule has 1 spiro atoms. The summed E-state index contributed by atoms with van der Waals surface area (Å²) in [6.45, 7) is 7.66. The fourth-order valence-corrected chi connectivity index (χ4v) is 6.35. The highest BCUT2D eigenvalue weighted by molar-refractivity contribution is 5.83. The number of carboxylic acid groups (broad SMARTS) is 1. The molecule has 5 fully saturated rings. The molecule has 2 bridgehead atoms. The molecular weight excluding hydrogens is 500 g/mol. The first-order valence-electron chi connectivity index (χ1n) is 13.6. The second-order valence-corrected chi connectivity index (χ2v) is 11.3. The number of hydrogen-bond donors (Lipinski definition) is 3. The van der Waals surface area contributed by atoms with Gasteiger partial charge in [-0.3, -0.25) is 19.2 Å². The molecule has 12 nitrogen and oxygen atoms in total. The average molecular weight is 541 g/mol. The van der Waals surface area contributed by atoms with Gasteiger partial charge in [-0.2, -0.15) is 0 Å². The zero-order valence-corrected chi connectivity index (χ0v) is 22.5. The molecule has 0 aromatic carbocycles. The largest absolute Gasteiger partial charge is 0.480 e. The number of nitrogens with one attached hydrogen (secondary N) is 2. The number of ether oxygens (including phenoxy) is 3. The maximum atomic E-state index is 12.6. The summed E-state index contributed by atoms with van der Waals surface area (Å²) in [5.41, 5.74) is -0.738. The number of hydrogen-bond acceptors (Lipinski definition) is 9.